The molecular weight excluding hydrogens is 355 g/mol. The first kappa shape index (κ1) is 19.0. The van der Waals surface area contributed by atoms with Gasteiger partial charge >= 0.3 is 0 Å². The number of nitrogens with zero attached hydrogens (tertiary/aromatic N) is 1. The summed E-state index contributed by atoms with van der Waals surface area (Å²) in [7, 11) is -3.35. The molecule has 1 unspecified atom stereocenters. The van der Waals surface area contributed by atoms with Gasteiger partial charge in [-0.2, -0.15) is 0 Å². The minimum atomic E-state index is -3.35. The number of hydrogen-bond donors (Lipinski definition) is 1. The Morgan fingerprint density at radius 3 is 2.78 bits per heavy atom. The van der Waals surface area contributed by atoms with Crippen LogP contribution >= 0.6 is 23.2 Å². The third kappa shape index (κ3) is 6.59. The summed E-state index contributed by atoms with van der Waals surface area (Å²) < 4.78 is 26.9. The molecule has 1 heterocycles. The second kappa shape index (κ2) is 8.67. The van der Waals surface area contributed by atoms with Gasteiger partial charge in [-0.3, -0.25) is 0 Å². The van der Waals surface area contributed by atoms with Crippen LogP contribution in [-0.2, 0) is 15.8 Å². The predicted octanol–water partition coefficient (Wildman–Crippen LogP) is 3.53. The Morgan fingerprint density at radius 1 is 1.30 bits per heavy atom. The van der Waals surface area contributed by atoms with Crippen molar-refractivity contribution in [3.05, 3.63) is 33.8 Å². The summed E-state index contributed by atoms with van der Waals surface area (Å²) in [5.74, 6) is 0.667. The van der Waals surface area contributed by atoms with Crippen LogP contribution in [0, 0.1) is 5.92 Å². The average molecular weight is 379 g/mol. The van der Waals surface area contributed by atoms with Crippen molar-refractivity contribution >= 4 is 33.2 Å². The van der Waals surface area contributed by atoms with E-state index in [0.29, 0.717) is 22.2 Å². The van der Waals surface area contributed by atoms with Gasteiger partial charge < -0.3 is 4.90 Å². The van der Waals surface area contributed by atoms with E-state index in [1.54, 1.807) is 18.2 Å². The van der Waals surface area contributed by atoms with Gasteiger partial charge in [-0.05, 0) is 56.0 Å². The van der Waals surface area contributed by atoms with Gasteiger partial charge in [0.25, 0.3) is 0 Å². The minimum absolute atomic E-state index is 0.0787. The fourth-order valence-electron chi connectivity index (χ4n) is 2.92. The fourth-order valence-corrected chi connectivity index (χ4v) is 4.42. The Bertz CT molecular complexity index is 623. The molecule has 2 rings (SSSR count). The highest BCUT2D eigenvalue weighted by atomic mass is 35.5. The summed E-state index contributed by atoms with van der Waals surface area (Å²) in [6, 6.07) is 4.90. The van der Waals surface area contributed by atoms with E-state index in [9.17, 15) is 8.42 Å². The molecule has 0 amide bonds. The number of sulfonamides is 1. The van der Waals surface area contributed by atoms with E-state index in [1.807, 2.05) is 0 Å². The molecule has 0 aliphatic carbocycles. The number of likely N-dealkylation sites (tertiary alicyclic amines) is 1. The summed E-state index contributed by atoms with van der Waals surface area (Å²) in [5.41, 5.74) is 0.636. The zero-order valence-corrected chi connectivity index (χ0v) is 15.7. The zero-order valence-electron chi connectivity index (χ0n) is 13.4. The van der Waals surface area contributed by atoms with Crippen molar-refractivity contribution in [2.24, 2.45) is 5.92 Å². The van der Waals surface area contributed by atoms with Gasteiger partial charge in [-0.1, -0.05) is 36.2 Å². The number of rotatable bonds is 7. The van der Waals surface area contributed by atoms with E-state index >= 15 is 0 Å². The summed E-state index contributed by atoms with van der Waals surface area (Å²) in [6.07, 6.45) is 3.37. The Morgan fingerprint density at radius 2 is 2.09 bits per heavy atom. The molecule has 1 aliphatic heterocycles. The van der Waals surface area contributed by atoms with Crippen molar-refractivity contribution in [3.63, 3.8) is 0 Å². The topological polar surface area (TPSA) is 49.4 Å². The number of halogens is 2. The quantitative estimate of drug-likeness (QED) is 0.738. The van der Waals surface area contributed by atoms with Crippen molar-refractivity contribution < 1.29 is 8.42 Å². The molecule has 130 valence electrons. The van der Waals surface area contributed by atoms with Crippen LogP contribution in [0.5, 0.6) is 0 Å². The summed E-state index contributed by atoms with van der Waals surface area (Å²) in [4.78, 5) is 2.42. The van der Waals surface area contributed by atoms with E-state index in [2.05, 4.69) is 16.5 Å². The molecule has 23 heavy (non-hydrogen) atoms. The van der Waals surface area contributed by atoms with Gasteiger partial charge in [0.1, 0.15) is 0 Å². The lowest BCUT2D eigenvalue weighted by atomic mass is 10.0. The average Bonchev–Trinajstić information content (AvgIpc) is 2.47. The van der Waals surface area contributed by atoms with Gasteiger partial charge in [-0.25, -0.2) is 13.1 Å². The first-order chi connectivity index (χ1) is 10.9. The van der Waals surface area contributed by atoms with Crippen molar-refractivity contribution in [2.75, 3.05) is 26.2 Å². The highest BCUT2D eigenvalue weighted by Crippen LogP contribution is 2.23. The molecule has 1 atom stereocenters. The van der Waals surface area contributed by atoms with Crippen LogP contribution in [0.15, 0.2) is 18.2 Å². The van der Waals surface area contributed by atoms with Crippen LogP contribution in [0.3, 0.4) is 0 Å². The summed E-state index contributed by atoms with van der Waals surface area (Å²) >= 11 is 11.8. The molecule has 4 nitrogen and oxygen atoms in total. The molecule has 1 aromatic carbocycles. The molecule has 0 aromatic heterocycles. The van der Waals surface area contributed by atoms with E-state index in [-0.39, 0.29) is 5.75 Å². The van der Waals surface area contributed by atoms with E-state index < -0.39 is 10.0 Å². The Balaban J connectivity index is 1.74. The molecule has 0 bridgehead atoms. The molecule has 1 N–H and O–H groups in total. The standard InChI is InChI=1S/C16H24Cl2N2O2S/c1-13-4-2-8-20(11-13)9-3-7-19-23(21,22)12-14-5-6-15(17)16(18)10-14/h5-6,10,13,19H,2-4,7-9,11-12H2,1H3. The number of hydrogen-bond acceptors (Lipinski definition) is 3. The predicted molar refractivity (Wildman–Crippen MR) is 96.5 cm³/mol. The monoisotopic (exact) mass is 378 g/mol. The van der Waals surface area contributed by atoms with Crippen LogP contribution in [0.4, 0.5) is 0 Å². The van der Waals surface area contributed by atoms with E-state index in [1.165, 1.54) is 12.8 Å². The number of nitrogens with one attached hydrogen (secondary N) is 1. The number of benzene rings is 1. The second-order valence-electron chi connectivity index (χ2n) is 6.30. The van der Waals surface area contributed by atoms with Gasteiger partial charge in [0.15, 0.2) is 0 Å². The highest BCUT2D eigenvalue weighted by Gasteiger charge is 2.16. The Hall–Kier alpha value is -0.330. The van der Waals surface area contributed by atoms with Gasteiger partial charge in [0.05, 0.1) is 15.8 Å². The van der Waals surface area contributed by atoms with Crippen molar-refractivity contribution in [1.29, 1.82) is 0 Å². The van der Waals surface area contributed by atoms with E-state index in [4.69, 9.17) is 23.2 Å². The fraction of sp³-hybridized carbons (Fsp3) is 0.625. The molecule has 1 aliphatic rings. The molecule has 1 saturated heterocycles. The lowest BCUT2D eigenvalue weighted by Crippen LogP contribution is -2.36. The summed E-state index contributed by atoms with van der Waals surface area (Å²) in [6.45, 7) is 5.93. The maximum absolute atomic E-state index is 12.1. The Kier molecular flexibility index (Phi) is 7.17. The summed E-state index contributed by atoms with van der Waals surface area (Å²) in [5, 5.41) is 0.801. The minimum Gasteiger partial charge on any atom is -0.303 e. The van der Waals surface area contributed by atoms with Crippen molar-refractivity contribution in [2.45, 2.75) is 31.9 Å². The molecule has 0 spiro atoms. The zero-order chi connectivity index (χ0) is 16.9. The SMILES string of the molecule is CC1CCCN(CCCNS(=O)(=O)Cc2ccc(Cl)c(Cl)c2)C1. The molecule has 7 heteroatoms. The van der Waals surface area contributed by atoms with Crippen LogP contribution in [0.25, 0.3) is 0 Å². The molecular formula is C16H24Cl2N2O2S. The van der Waals surface area contributed by atoms with Crippen LogP contribution in [-0.4, -0.2) is 39.5 Å². The first-order valence-electron chi connectivity index (χ1n) is 7.99. The van der Waals surface area contributed by atoms with Crippen LogP contribution in [0.2, 0.25) is 10.0 Å². The van der Waals surface area contributed by atoms with Crippen molar-refractivity contribution in [3.8, 4) is 0 Å². The lowest BCUT2D eigenvalue weighted by Gasteiger charge is -2.30. The Labute approximate surface area is 149 Å². The second-order valence-corrected chi connectivity index (χ2v) is 8.92. The third-order valence-corrected chi connectivity index (χ3v) is 6.15. The van der Waals surface area contributed by atoms with Gasteiger partial charge in [-0.15, -0.1) is 0 Å². The molecule has 0 saturated carbocycles. The van der Waals surface area contributed by atoms with Crippen molar-refractivity contribution in [1.82, 2.24) is 9.62 Å². The van der Waals surface area contributed by atoms with E-state index in [0.717, 1.165) is 32.0 Å². The first-order valence-corrected chi connectivity index (χ1v) is 10.4. The van der Waals surface area contributed by atoms with Gasteiger partial charge in [0.2, 0.25) is 10.0 Å². The largest absolute Gasteiger partial charge is 0.303 e. The molecule has 0 radical (unpaired) electrons. The third-order valence-electron chi connectivity index (χ3n) is 4.05. The lowest BCUT2D eigenvalue weighted by molar-refractivity contribution is 0.182. The highest BCUT2D eigenvalue weighted by molar-refractivity contribution is 7.88. The molecule has 1 fully saturated rings. The van der Waals surface area contributed by atoms with Crippen LogP contribution in [0.1, 0.15) is 31.7 Å². The van der Waals surface area contributed by atoms with Gasteiger partial charge in [0, 0.05) is 13.1 Å². The van der Waals surface area contributed by atoms with Crippen LogP contribution < -0.4 is 4.72 Å². The smallest absolute Gasteiger partial charge is 0.215 e. The maximum Gasteiger partial charge on any atom is 0.215 e. The maximum atomic E-state index is 12.1. The normalized spacial score (nSPS) is 19.9. The molecule has 1 aromatic rings. The number of piperidine rings is 1.